The minimum absolute atomic E-state index is 1.01. The summed E-state index contributed by atoms with van der Waals surface area (Å²) in [5, 5.41) is 13.8. The second-order valence-corrected chi connectivity index (χ2v) is 10.0. The summed E-state index contributed by atoms with van der Waals surface area (Å²) in [6, 6.07) is 51.9. The van der Waals surface area contributed by atoms with Crippen LogP contribution in [0.1, 0.15) is 0 Å². The van der Waals surface area contributed by atoms with Crippen molar-refractivity contribution in [2.24, 2.45) is 0 Å². The van der Waals surface area contributed by atoms with Crippen molar-refractivity contribution in [1.29, 1.82) is 0 Å². The quantitative estimate of drug-likeness (QED) is 0.223. The predicted octanol–water partition coefficient (Wildman–Crippen LogP) is 9.82. The Kier molecular flexibility index (Phi) is 4.86. The van der Waals surface area contributed by atoms with Crippen molar-refractivity contribution in [3.05, 3.63) is 146 Å². The Morgan fingerprint density at radius 2 is 0.949 bits per heavy atom. The molecule has 0 aliphatic rings. The molecule has 1 heterocycles. The molecule has 0 saturated heterocycles. The van der Waals surface area contributed by atoms with E-state index in [-0.39, 0.29) is 0 Å². The molecule has 0 fully saturated rings. The van der Waals surface area contributed by atoms with Gasteiger partial charge in [0.1, 0.15) is 5.69 Å². The van der Waals surface area contributed by atoms with Gasteiger partial charge in [0.15, 0.2) is 0 Å². The van der Waals surface area contributed by atoms with Gasteiger partial charge in [0, 0.05) is 10.9 Å². The fraction of sp³-hybridized carbons (Fsp3) is 0. The summed E-state index contributed by atoms with van der Waals surface area (Å²) in [5.41, 5.74) is 6.84. The van der Waals surface area contributed by atoms with Crippen molar-refractivity contribution in [2.75, 3.05) is 0 Å². The third-order valence-electron chi connectivity index (χ3n) is 7.79. The number of benzene rings is 7. The summed E-state index contributed by atoms with van der Waals surface area (Å²) in [4.78, 5) is 0. The molecule has 0 aliphatic carbocycles. The highest BCUT2D eigenvalue weighted by atomic mass is 15.3. The van der Waals surface area contributed by atoms with Crippen LogP contribution in [0.2, 0.25) is 0 Å². The Morgan fingerprint density at radius 1 is 0.410 bits per heavy atom. The SMILES string of the molecule is c1ccc(-n2nc(-c3c4ccccc4c(-c4ccc5ccccc5c4)c4ccccc34)c3ccccc32)cc1. The Labute approximate surface area is 226 Å². The summed E-state index contributed by atoms with van der Waals surface area (Å²) in [7, 11) is 0. The molecule has 0 radical (unpaired) electrons. The van der Waals surface area contributed by atoms with Gasteiger partial charge in [-0.15, -0.1) is 0 Å². The van der Waals surface area contributed by atoms with Gasteiger partial charge in [-0.3, -0.25) is 0 Å². The van der Waals surface area contributed by atoms with Crippen LogP contribution in [0.5, 0.6) is 0 Å². The monoisotopic (exact) mass is 496 g/mol. The van der Waals surface area contributed by atoms with E-state index in [1.165, 1.54) is 49.0 Å². The van der Waals surface area contributed by atoms with E-state index in [0.717, 1.165) is 22.3 Å². The molecular weight excluding hydrogens is 472 g/mol. The maximum atomic E-state index is 5.29. The van der Waals surface area contributed by atoms with Crippen molar-refractivity contribution >= 4 is 43.2 Å². The highest BCUT2D eigenvalue weighted by molar-refractivity contribution is 6.23. The van der Waals surface area contributed by atoms with Crippen LogP contribution in [0.4, 0.5) is 0 Å². The maximum absolute atomic E-state index is 5.29. The molecule has 0 saturated carbocycles. The van der Waals surface area contributed by atoms with Crippen LogP contribution in [0.15, 0.2) is 146 Å². The number of hydrogen-bond acceptors (Lipinski definition) is 1. The largest absolute Gasteiger partial charge is 0.232 e. The summed E-state index contributed by atoms with van der Waals surface area (Å²) < 4.78 is 2.07. The van der Waals surface area contributed by atoms with Gasteiger partial charge in [-0.25, -0.2) is 4.68 Å². The second kappa shape index (κ2) is 8.68. The predicted molar refractivity (Wildman–Crippen MR) is 164 cm³/mol. The van der Waals surface area contributed by atoms with E-state index in [0.29, 0.717) is 0 Å². The van der Waals surface area contributed by atoms with Crippen LogP contribution in [0, 0.1) is 0 Å². The Balaban J connectivity index is 1.50. The summed E-state index contributed by atoms with van der Waals surface area (Å²) in [6.45, 7) is 0. The Bertz CT molecular complexity index is 2110. The number of para-hydroxylation sites is 2. The van der Waals surface area contributed by atoms with Crippen molar-refractivity contribution in [3.63, 3.8) is 0 Å². The third kappa shape index (κ3) is 3.39. The minimum atomic E-state index is 1.01. The van der Waals surface area contributed by atoms with Gasteiger partial charge < -0.3 is 0 Å². The molecular formula is C37H24N2. The first-order valence-corrected chi connectivity index (χ1v) is 13.3. The van der Waals surface area contributed by atoms with Crippen LogP contribution in [0.3, 0.4) is 0 Å². The lowest BCUT2D eigenvalue weighted by molar-refractivity contribution is 0.916. The van der Waals surface area contributed by atoms with E-state index < -0.39 is 0 Å². The van der Waals surface area contributed by atoms with Gasteiger partial charge in [0.25, 0.3) is 0 Å². The Morgan fingerprint density at radius 3 is 1.64 bits per heavy atom. The lowest BCUT2D eigenvalue weighted by Gasteiger charge is -2.17. The number of fused-ring (bicyclic) bond motifs is 4. The zero-order valence-electron chi connectivity index (χ0n) is 21.3. The van der Waals surface area contributed by atoms with E-state index in [1.54, 1.807) is 0 Å². The molecule has 2 nitrogen and oxygen atoms in total. The average molecular weight is 497 g/mol. The number of rotatable bonds is 3. The average Bonchev–Trinajstić information content (AvgIpc) is 3.39. The summed E-state index contributed by atoms with van der Waals surface area (Å²) >= 11 is 0. The lowest BCUT2D eigenvalue weighted by Crippen LogP contribution is -1.96. The van der Waals surface area contributed by atoms with E-state index in [2.05, 4.69) is 144 Å². The summed E-state index contributed by atoms with van der Waals surface area (Å²) in [6.07, 6.45) is 0. The molecule has 7 aromatic carbocycles. The van der Waals surface area contributed by atoms with Crippen LogP contribution in [-0.4, -0.2) is 9.78 Å². The number of aromatic nitrogens is 2. The molecule has 0 amide bonds. The van der Waals surface area contributed by atoms with E-state index in [9.17, 15) is 0 Å². The van der Waals surface area contributed by atoms with Crippen LogP contribution in [-0.2, 0) is 0 Å². The number of hydrogen-bond donors (Lipinski definition) is 0. The molecule has 182 valence electrons. The topological polar surface area (TPSA) is 17.8 Å². The molecule has 39 heavy (non-hydrogen) atoms. The summed E-state index contributed by atoms with van der Waals surface area (Å²) in [5.74, 6) is 0. The lowest BCUT2D eigenvalue weighted by atomic mass is 9.86. The van der Waals surface area contributed by atoms with E-state index >= 15 is 0 Å². The van der Waals surface area contributed by atoms with E-state index in [1.807, 2.05) is 6.07 Å². The fourth-order valence-electron chi connectivity index (χ4n) is 6.06. The standard InChI is InChI=1S/C37H24N2/c1-2-14-28(15-3-1)39-34-21-11-10-20-33(34)37(38-39)36-31-18-8-6-16-29(31)35(30-17-7-9-19-32(30)36)27-23-22-25-12-4-5-13-26(25)24-27/h1-24H. The zero-order chi connectivity index (χ0) is 25.8. The first kappa shape index (κ1) is 21.8. The maximum Gasteiger partial charge on any atom is 0.102 e. The van der Waals surface area contributed by atoms with Crippen LogP contribution in [0.25, 0.3) is 71.3 Å². The fourth-order valence-corrected chi connectivity index (χ4v) is 6.06. The highest BCUT2D eigenvalue weighted by Crippen LogP contribution is 2.45. The third-order valence-corrected chi connectivity index (χ3v) is 7.79. The molecule has 0 unspecified atom stereocenters. The van der Waals surface area contributed by atoms with Crippen LogP contribution >= 0.6 is 0 Å². The molecule has 0 aliphatic heterocycles. The van der Waals surface area contributed by atoms with Crippen LogP contribution < -0.4 is 0 Å². The second-order valence-electron chi connectivity index (χ2n) is 10.0. The normalized spacial score (nSPS) is 11.6. The molecule has 0 spiro atoms. The van der Waals surface area contributed by atoms with Crippen molar-refractivity contribution in [3.8, 4) is 28.1 Å². The molecule has 0 N–H and O–H groups in total. The first-order chi connectivity index (χ1) is 19.4. The smallest absolute Gasteiger partial charge is 0.102 e. The van der Waals surface area contributed by atoms with Crippen molar-refractivity contribution in [2.45, 2.75) is 0 Å². The number of nitrogens with zero attached hydrogens (tertiary/aromatic N) is 2. The molecule has 1 aromatic heterocycles. The highest BCUT2D eigenvalue weighted by Gasteiger charge is 2.21. The molecule has 0 atom stereocenters. The molecule has 8 aromatic rings. The van der Waals surface area contributed by atoms with Gasteiger partial charge in [0.05, 0.1) is 11.2 Å². The Hall–Kier alpha value is -5.21. The van der Waals surface area contributed by atoms with Gasteiger partial charge in [-0.2, -0.15) is 5.10 Å². The molecule has 8 rings (SSSR count). The van der Waals surface area contributed by atoms with Gasteiger partial charge >= 0.3 is 0 Å². The molecule has 0 bridgehead atoms. The minimum Gasteiger partial charge on any atom is -0.232 e. The van der Waals surface area contributed by atoms with Crippen molar-refractivity contribution < 1.29 is 0 Å². The van der Waals surface area contributed by atoms with Crippen molar-refractivity contribution in [1.82, 2.24) is 9.78 Å². The van der Waals surface area contributed by atoms with Gasteiger partial charge in [0.2, 0.25) is 0 Å². The van der Waals surface area contributed by atoms with Gasteiger partial charge in [-0.1, -0.05) is 121 Å². The first-order valence-electron chi connectivity index (χ1n) is 13.3. The van der Waals surface area contributed by atoms with Gasteiger partial charge in [-0.05, 0) is 67.7 Å². The van der Waals surface area contributed by atoms with E-state index in [4.69, 9.17) is 5.10 Å². The zero-order valence-corrected chi connectivity index (χ0v) is 21.3. The molecule has 2 heteroatoms.